The first-order chi connectivity index (χ1) is 17.5. The Bertz CT molecular complexity index is 1620. The fraction of sp³-hybridized carbons (Fsp3) is 0.185. The predicted molar refractivity (Wildman–Crippen MR) is 142 cm³/mol. The highest BCUT2D eigenvalue weighted by atomic mass is 32.2. The van der Waals surface area contributed by atoms with Gasteiger partial charge in [-0.2, -0.15) is 0 Å². The van der Waals surface area contributed by atoms with E-state index in [9.17, 15) is 9.59 Å². The summed E-state index contributed by atoms with van der Waals surface area (Å²) in [6.45, 7) is 3.91. The lowest BCUT2D eigenvalue weighted by molar-refractivity contribution is -0.115. The average molecular weight is 500 g/mol. The molecule has 2 heterocycles. The maximum Gasteiger partial charge on any atom is 0.267 e. The summed E-state index contributed by atoms with van der Waals surface area (Å²) < 4.78 is 8.69. The quantitative estimate of drug-likeness (QED) is 0.326. The first-order valence-corrected chi connectivity index (χ1v) is 12.5. The van der Waals surface area contributed by atoms with Crippen molar-refractivity contribution in [3.63, 3.8) is 0 Å². The lowest BCUT2D eigenvalue weighted by atomic mass is 10.1. The van der Waals surface area contributed by atoms with E-state index >= 15 is 0 Å². The maximum absolute atomic E-state index is 13.5. The van der Waals surface area contributed by atoms with E-state index in [4.69, 9.17) is 4.74 Å². The molecule has 1 N–H and O–H groups in total. The first-order valence-electron chi connectivity index (χ1n) is 11.6. The molecule has 0 aliphatic rings. The van der Waals surface area contributed by atoms with Gasteiger partial charge < -0.3 is 10.1 Å². The molecule has 1 unspecified atom stereocenters. The number of ether oxygens (including phenoxy) is 1. The smallest absolute Gasteiger partial charge is 0.267 e. The summed E-state index contributed by atoms with van der Waals surface area (Å²) in [5, 5.41) is 12.3. The number of benzene rings is 3. The Balaban J connectivity index is 1.55. The molecule has 0 bridgehead atoms. The number of rotatable bonds is 7. The Labute approximate surface area is 211 Å². The highest BCUT2D eigenvalue weighted by molar-refractivity contribution is 8.00. The molecule has 0 aliphatic carbocycles. The first kappa shape index (κ1) is 23.6. The van der Waals surface area contributed by atoms with E-state index in [1.807, 2.05) is 72.0 Å². The highest BCUT2D eigenvalue weighted by Gasteiger charge is 2.22. The second kappa shape index (κ2) is 9.87. The minimum absolute atomic E-state index is 0.147. The van der Waals surface area contributed by atoms with Crippen LogP contribution in [0.15, 0.2) is 82.7 Å². The molecule has 0 radical (unpaired) electrons. The van der Waals surface area contributed by atoms with Crippen LogP contribution in [0.2, 0.25) is 0 Å². The average Bonchev–Trinajstić information content (AvgIpc) is 3.32. The number of carbonyl (C=O) groups excluding carboxylic acids is 1. The molecule has 0 fully saturated rings. The van der Waals surface area contributed by atoms with Gasteiger partial charge in [0.25, 0.3) is 5.56 Å². The lowest BCUT2D eigenvalue weighted by Crippen LogP contribution is -2.23. The Morgan fingerprint density at radius 1 is 1.06 bits per heavy atom. The number of aromatic nitrogens is 4. The largest absolute Gasteiger partial charge is 0.497 e. The summed E-state index contributed by atoms with van der Waals surface area (Å²) in [5.41, 5.74) is 3.02. The van der Waals surface area contributed by atoms with Crippen molar-refractivity contribution in [2.24, 2.45) is 0 Å². The number of nitrogens with zero attached hydrogens (tertiary/aromatic N) is 4. The van der Waals surface area contributed by atoms with Crippen LogP contribution >= 0.6 is 11.8 Å². The van der Waals surface area contributed by atoms with Gasteiger partial charge in [-0.1, -0.05) is 49.0 Å². The molecule has 1 atom stereocenters. The van der Waals surface area contributed by atoms with Crippen LogP contribution in [0.4, 0.5) is 5.69 Å². The molecule has 5 aromatic rings. The van der Waals surface area contributed by atoms with E-state index < -0.39 is 5.25 Å². The van der Waals surface area contributed by atoms with Crippen molar-refractivity contribution in [2.45, 2.75) is 30.7 Å². The van der Waals surface area contributed by atoms with E-state index in [2.05, 4.69) is 22.4 Å². The summed E-state index contributed by atoms with van der Waals surface area (Å²) in [6, 6.07) is 22.4. The van der Waals surface area contributed by atoms with Crippen molar-refractivity contribution < 1.29 is 9.53 Å². The van der Waals surface area contributed by atoms with E-state index in [0.717, 1.165) is 12.1 Å². The van der Waals surface area contributed by atoms with Gasteiger partial charge in [0.05, 0.1) is 29.0 Å². The number of para-hydroxylation sites is 1. The van der Waals surface area contributed by atoms with Gasteiger partial charge in [0.2, 0.25) is 11.7 Å². The highest BCUT2D eigenvalue weighted by Crippen LogP contribution is 2.27. The number of anilines is 1. The van der Waals surface area contributed by atoms with Gasteiger partial charge in [-0.15, -0.1) is 10.2 Å². The summed E-state index contributed by atoms with van der Waals surface area (Å²) in [6.07, 6.45) is 0.940. The van der Waals surface area contributed by atoms with Crippen LogP contribution < -0.4 is 15.6 Å². The van der Waals surface area contributed by atoms with Gasteiger partial charge in [-0.3, -0.25) is 14.0 Å². The summed E-state index contributed by atoms with van der Waals surface area (Å²) in [5.74, 6) is 0.834. The Kier molecular flexibility index (Phi) is 6.47. The Morgan fingerprint density at radius 2 is 1.83 bits per heavy atom. The minimum atomic E-state index is -0.459. The summed E-state index contributed by atoms with van der Waals surface area (Å²) in [4.78, 5) is 26.4. The zero-order valence-electron chi connectivity index (χ0n) is 20.1. The number of methoxy groups -OCH3 is 1. The summed E-state index contributed by atoms with van der Waals surface area (Å²) >= 11 is 1.28. The monoisotopic (exact) mass is 499 g/mol. The SMILES string of the molecule is CCc1ccc(NC(=O)C(C)Sc2nnc3n(-c4cccc(OC)c4)c(=O)c4ccccc4n23)cc1. The normalized spacial score (nSPS) is 12.1. The number of nitrogens with one attached hydrogen (secondary N) is 1. The maximum atomic E-state index is 13.5. The molecular formula is C27H25N5O3S. The van der Waals surface area contributed by atoms with Gasteiger partial charge in [0.15, 0.2) is 5.16 Å². The van der Waals surface area contributed by atoms with Gasteiger partial charge in [0, 0.05) is 11.8 Å². The number of carbonyl (C=O) groups is 1. The molecule has 9 heteroatoms. The van der Waals surface area contributed by atoms with Gasteiger partial charge in [0.1, 0.15) is 5.75 Å². The number of amides is 1. The second-order valence-electron chi connectivity index (χ2n) is 8.28. The molecule has 8 nitrogen and oxygen atoms in total. The fourth-order valence-electron chi connectivity index (χ4n) is 4.02. The van der Waals surface area contributed by atoms with Crippen molar-refractivity contribution in [3.05, 3.63) is 88.7 Å². The third-order valence-electron chi connectivity index (χ3n) is 5.99. The van der Waals surface area contributed by atoms with E-state index in [1.54, 1.807) is 19.2 Å². The molecule has 5 rings (SSSR count). The number of thioether (sulfide) groups is 1. The lowest BCUT2D eigenvalue weighted by Gasteiger charge is -2.14. The Morgan fingerprint density at radius 3 is 2.58 bits per heavy atom. The standard InChI is InChI=1S/C27H25N5O3S/c1-4-18-12-14-19(15-13-18)28-24(33)17(2)36-27-30-29-26-31(20-8-7-9-21(16-20)35-3)25(34)22-10-5-6-11-23(22)32(26)27/h5-17H,4H2,1-3H3,(H,28,33). The number of aryl methyl sites for hydroxylation is 1. The molecule has 0 aliphatic heterocycles. The molecule has 2 aromatic heterocycles. The summed E-state index contributed by atoms with van der Waals surface area (Å²) in [7, 11) is 1.58. The number of hydrogen-bond acceptors (Lipinski definition) is 6. The van der Waals surface area contributed by atoms with Crippen LogP contribution in [0.5, 0.6) is 5.75 Å². The topological polar surface area (TPSA) is 90.5 Å². The van der Waals surface area contributed by atoms with E-state index in [1.165, 1.54) is 21.9 Å². The van der Waals surface area contributed by atoms with Crippen LogP contribution in [0.1, 0.15) is 19.4 Å². The van der Waals surface area contributed by atoms with Crippen molar-refractivity contribution >= 4 is 40.0 Å². The van der Waals surface area contributed by atoms with Crippen LogP contribution in [0.3, 0.4) is 0 Å². The van der Waals surface area contributed by atoms with Crippen molar-refractivity contribution in [3.8, 4) is 11.4 Å². The fourth-order valence-corrected chi connectivity index (χ4v) is 4.87. The molecular weight excluding hydrogens is 474 g/mol. The zero-order chi connectivity index (χ0) is 25.2. The molecule has 0 saturated heterocycles. The molecule has 1 amide bonds. The molecule has 0 saturated carbocycles. The molecule has 0 spiro atoms. The van der Waals surface area contributed by atoms with Gasteiger partial charge in [-0.05, 0) is 55.3 Å². The third-order valence-corrected chi connectivity index (χ3v) is 7.03. The van der Waals surface area contributed by atoms with Gasteiger partial charge in [-0.25, -0.2) is 4.57 Å². The zero-order valence-corrected chi connectivity index (χ0v) is 21.0. The van der Waals surface area contributed by atoms with Crippen LogP contribution in [-0.2, 0) is 11.2 Å². The van der Waals surface area contributed by atoms with Crippen LogP contribution in [-0.4, -0.2) is 37.4 Å². The minimum Gasteiger partial charge on any atom is -0.497 e. The molecule has 3 aromatic carbocycles. The second-order valence-corrected chi connectivity index (χ2v) is 9.58. The predicted octanol–water partition coefficient (Wildman–Crippen LogP) is 4.72. The van der Waals surface area contributed by atoms with E-state index in [-0.39, 0.29) is 11.5 Å². The van der Waals surface area contributed by atoms with Crippen molar-refractivity contribution in [2.75, 3.05) is 12.4 Å². The number of hydrogen-bond donors (Lipinski definition) is 1. The van der Waals surface area contributed by atoms with Crippen LogP contribution in [0.25, 0.3) is 22.4 Å². The molecule has 36 heavy (non-hydrogen) atoms. The third kappa shape index (κ3) is 4.33. The van der Waals surface area contributed by atoms with E-state index in [0.29, 0.717) is 33.3 Å². The Hall–Kier alpha value is -4.11. The molecule has 182 valence electrons. The van der Waals surface area contributed by atoms with Gasteiger partial charge >= 0.3 is 0 Å². The van der Waals surface area contributed by atoms with Crippen LogP contribution in [0, 0.1) is 0 Å². The van der Waals surface area contributed by atoms with Crippen molar-refractivity contribution in [1.29, 1.82) is 0 Å². The number of fused-ring (bicyclic) bond motifs is 3. The van der Waals surface area contributed by atoms with Crippen molar-refractivity contribution in [1.82, 2.24) is 19.2 Å².